The van der Waals surface area contributed by atoms with Gasteiger partial charge in [0.2, 0.25) is 5.91 Å². The molecule has 1 saturated carbocycles. The Bertz CT molecular complexity index is 512. The van der Waals surface area contributed by atoms with E-state index in [0.29, 0.717) is 5.92 Å². The Labute approximate surface area is 111 Å². The Morgan fingerprint density at radius 1 is 1.58 bits per heavy atom. The summed E-state index contributed by atoms with van der Waals surface area (Å²) in [7, 11) is 0. The number of nitro groups is 1. The topological polar surface area (TPSA) is 98.3 Å². The van der Waals surface area contributed by atoms with Crippen molar-refractivity contribution in [3.8, 4) is 0 Å². The first-order valence-electron chi connectivity index (χ1n) is 6.28. The second kappa shape index (κ2) is 5.36. The number of carbonyl (C=O) groups is 1. The Hall–Kier alpha value is -1.95. The molecular formula is C13H17N3O3. The molecule has 0 spiro atoms. The Balaban J connectivity index is 2.06. The molecule has 1 aliphatic rings. The van der Waals surface area contributed by atoms with Gasteiger partial charge in [-0.1, -0.05) is 6.07 Å². The van der Waals surface area contributed by atoms with Crippen molar-refractivity contribution in [3.05, 3.63) is 33.9 Å². The highest BCUT2D eigenvalue weighted by Crippen LogP contribution is 2.33. The third-order valence-corrected chi connectivity index (χ3v) is 3.27. The zero-order valence-corrected chi connectivity index (χ0v) is 10.8. The van der Waals surface area contributed by atoms with E-state index in [4.69, 9.17) is 5.73 Å². The third-order valence-electron chi connectivity index (χ3n) is 3.27. The lowest BCUT2D eigenvalue weighted by molar-refractivity contribution is -0.383. The Kier molecular flexibility index (Phi) is 3.80. The zero-order valence-electron chi connectivity index (χ0n) is 10.8. The summed E-state index contributed by atoms with van der Waals surface area (Å²) in [5.74, 6) is 0.159. The van der Waals surface area contributed by atoms with Crippen LogP contribution in [0, 0.1) is 23.0 Å². The molecular weight excluding hydrogens is 246 g/mol. The van der Waals surface area contributed by atoms with Gasteiger partial charge in [0.25, 0.3) is 5.69 Å². The van der Waals surface area contributed by atoms with Crippen molar-refractivity contribution in [1.82, 2.24) is 0 Å². The average Bonchev–Trinajstić information content (AvgIpc) is 3.11. The predicted molar refractivity (Wildman–Crippen MR) is 71.8 cm³/mol. The number of anilines is 1. The van der Waals surface area contributed by atoms with E-state index in [1.165, 1.54) is 6.07 Å². The number of hydrogen-bond acceptors (Lipinski definition) is 4. The van der Waals surface area contributed by atoms with E-state index in [1.54, 1.807) is 12.1 Å². The van der Waals surface area contributed by atoms with Crippen LogP contribution in [0.2, 0.25) is 0 Å². The maximum Gasteiger partial charge on any atom is 0.292 e. The molecule has 0 aromatic heterocycles. The fourth-order valence-electron chi connectivity index (χ4n) is 2.02. The van der Waals surface area contributed by atoms with E-state index in [2.05, 4.69) is 5.32 Å². The van der Waals surface area contributed by atoms with Gasteiger partial charge >= 0.3 is 0 Å². The highest BCUT2D eigenvalue weighted by atomic mass is 16.6. The monoisotopic (exact) mass is 263 g/mol. The van der Waals surface area contributed by atoms with Crippen LogP contribution in [0.3, 0.4) is 0 Å². The van der Waals surface area contributed by atoms with Crippen molar-refractivity contribution < 1.29 is 9.72 Å². The molecule has 2 rings (SSSR count). The number of aryl methyl sites for hydroxylation is 1. The molecule has 1 amide bonds. The SMILES string of the molecule is Cc1ccc([N+](=O)[O-])c(NC(=O)CC(N)C2CC2)c1. The van der Waals surface area contributed by atoms with Crippen LogP contribution in [0.15, 0.2) is 18.2 Å². The van der Waals surface area contributed by atoms with Crippen molar-refractivity contribution >= 4 is 17.3 Å². The van der Waals surface area contributed by atoms with E-state index >= 15 is 0 Å². The summed E-state index contributed by atoms with van der Waals surface area (Å²) in [5, 5.41) is 13.5. The number of amides is 1. The average molecular weight is 263 g/mol. The maximum absolute atomic E-state index is 11.8. The number of nitrogens with zero attached hydrogens (tertiary/aromatic N) is 1. The molecule has 1 aromatic rings. The summed E-state index contributed by atoms with van der Waals surface area (Å²) in [5.41, 5.74) is 6.86. The fourth-order valence-corrected chi connectivity index (χ4v) is 2.02. The van der Waals surface area contributed by atoms with Gasteiger partial charge in [-0.15, -0.1) is 0 Å². The number of benzene rings is 1. The van der Waals surface area contributed by atoms with Crippen molar-refractivity contribution in [2.45, 2.75) is 32.2 Å². The van der Waals surface area contributed by atoms with Crippen LogP contribution in [0.25, 0.3) is 0 Å². The molecule has 102 valence electrons. The van der Waals surface area contributed by atoms with Crippen LogP contribution in [-0.4, -0.2) is 16.9 Å². The summed E-state index contributed by atoms with van der Waals surface area (Å²) < 4.78 is 0. The molecule has 0 heterocycles. The molecule has 0 aliphatic heterocycles. The first-order chi connectivity index (χ1) is 8.97. The lowest BCUT2D eigenvalue weighted by Gasteiger charge is -2.11. The van der Waals surface area contributed by atoms with Gasteiger partial charge in [0.05, 0.1) is 4.92 Å². The van der Waals surface area contributed by atoms with Gasteiger partial charge in [-0.05, 0) is 37.3 Å². The molecule has 3 N–H and O–H groups in total. The molecule has 0 bridgehead atoms. The quantitative estimate of drug-likeness (QED) is 0.626. The molecule has 1 aliphatic carbocycles. The standard InChI is InChI=1S/C13H17N3O3/c1-8-2-5-12(16(18)19)11(6-8)15-13(17)7-10(14)9-3-4-9/h2,5-6,9-10H,3-4,7,14H2,1H3,(H,15,17). The highest BCUT2D eigenvalue weighted by Gasteiger charge is 2.30. The van der Waals surface area contributed by atoms with Gasteiger partial charge in [-0.3, -0.25) is 14.9 Å². The van der Waals surface area contributed by atoms with E-state index in [9.17, 15) is 14.9 Å². The first-order valence-corrected chi connectivity index (χ1v) is 6.28. The van der Waals surface area contributed by atoms with Gasteiger partial charge in [0.15, 0.2) is 0 Å². The second-order valence-corrected chi connectivity index (χ2v) is 5.03. The van der Waals surface area contributed by atoms with E-state index in [0.717, 1.165) is 18.4 Å². The predicted octanol–water partition coefficient (Wildman–Crippen LogP) is 1.97. The fraction of sp³-hybridized carbons (Fsp3) is 0.462. The number of carbonyl (C=O) groups excluding carboxylic acids is 1. The summed E-state index contributed by atoms with van der Waals surface area (Å²) >= 11 is 0. The minimum absolute atomic E-state index is 0.0982. The van der Waals surface area contributed by atoms with E-state index in [1.807, 2.05) is 6.92 Å². The Morgan fingerprint density at radius 2 is 2.26 bits per heavy atom. The van der Waals surface area contributed by atoms with E-state index < -0.39 is 4.92 Å². The van der Waals surface area contributed by atoms with Gasteiger partial charge in [-0.25, -0.2) is 0 Å². The van der Waals surface area contributed by atoms with Crippen LogP contribution in [0.4, 0.5) is 11.4 Å². The summed E-state index contributed by atoms with van der Waals surface area (Å²) in [4.78, 5) is 22.2. The van der Waals surface area contributed by atoms with Crippen molar-refractivity contribution in [1.29, 1.82) is 0 Å². The maximum atomic E-state index is 11.8. The zero-order chi connectivity index (χ0) is 14.0. The van der Waals surface area contributed by atoms with Crippen LogP contribution in [0.5, 0.6) is 0 Å². The van der Waals surface area contributed by atoms with Crippen molar-refractivity contribution in [2.75, 3.05) is 5.32 Å². The molecule has 1 atom stereocenters. The Morgan fingerprint density at radius 3 is 2.84 bits per heavy atom. The molecule has 6 heteroatoms. The lowest BCUT2D eigenvalue weighted by Crippen LogP contribution is -2.29. The smallest absolute Gasteiger partial charge is 0.292 e. The van der Waals surface area contributed by atoms with Crippen molar-refractivity contribution in [2.24, 2.45) is 11.7 Å². The van der Waals surface area contributed by atoms with Crippen LogP contribution in [-0.2, 0) is 4.79 Å². The second-order valence-electron chi connectivity index (χ2n) is 5.03. The molecule has 0 saturated heterocycles. The molecule has 0 radical (unpaired) electrons. The molecule has 1 fully saturated rings. The minimum atomic E-state index is -0.504. The van der Waals surface area contributed by atoms with Crippen LogP contribution < -0.4 is 11.1 Å². The van der Waals surface area contributed by atoms with Crippen molar-refractivity contribution in [3.63, 3.8) is 0 Å². The van der Waals surface area contributed by atoms with Gasteiger partial charge < -0.3 is 11.1 Å². The summed E-state index contributed by atoms with van der Waals surface area (Å²) in [6.07, 6.45) is 2.34. The summed E-state index contributed by atoms with van der Waals surface area (Å²) in [6, 6.07) is 4.48. The number of nitrogens with two attached hydrogens (primary N) is 1. The third kappa shape index (κ3) is 3.51. The van der Waals surface area contributed by atoms with E-state index in [-0.39, 0.29) is 29.7 Å². The molecule has 1 aromatic carbocycles. The van der Waals surface area contributed by atoms with Gasteiger partial charge in [0.1, 0.15) is 5.69 Å². The van der Waals surface area contributed by atoms with Crippen LogP contribution in [0.1, 0.15) is 24.8 Å². The van der Waals surface area contributed by atoms with Crippen LogP contribution >= 0.6 is 0 Å². The van der Waals surface area contributed by atoms with Gasteiger partial charge in [0, 0.05) is 18.5 Å². The number of hydrogen-bond donors (Lipinski definition) is 2. The first kappa shape index (κ1) is 13.5. The largest absolute Gasteiger partial charge is 0.327 e. The number of nitrogens with one attached hydrogen (secondary N) is 1. The number of rotatable bonds is 5. The van der Waals surface area contributed by atoms with Gasteiger partial charge in [-0.2, -0.15) is 0 Å². The normalized spacial score (nSPS) is 15.9. The molecule has 19 heavy (non-hydrogen) atoms. The number of nitro benzene ring substituents is 1. The highest BCUT2D eigenvalue weighted by molar-refractivity contribution is 5.93. The molecule has 6 nitrogen and oxygen atoms in total. The summed E-state index contributed by atoms with van der Waals surface area (Å²) in [6.45, 7) is 1.81. The lowest BCUT2D eigenvalue weighted by atomic mass is 10.1. The minimum Gasteiger partial charge on any atom is -0.327 e. The molecule has 1 unspecified atom stereocenters.